The molecule has 7 heteroatoms. The Hall–Kier alpha value is -2.67. The van der Waals surface area contributed by atoms with Crippen molar-refractivity contribution in [2.45, 2.75) is 32.4 Å². The Bertz CT molecular complexity index is 770. The van der Waals surface area contributed by atoms with E-state index >= 15 is 0 Å². The summed E-state index contributed by atoms with van der Waals surface area (Å²) in [7, 11) is 0. The molecule has 128 valence electrons. The van der Waals surface area contributed by atoms with Gasteiger partial charge < -0.3 is 14.4 Å². The maximum atomic E-state index is 11.7. The Labute approximate surface area is 139 Å². The molecule has 0 radical (unpaired) electrons. The van der Waals surface area contributed by atoms with Crippen molar-refractivity contribution in [1.82, 2.24) is 4.57 Å². The van der Waals surface area contributed by atoms with Crippen molar-refractivity contribution >= 4 is 5.69 Å². The number of aliphatic hydroxyl groups excluding tert-OH is 1. The Morgan fingerprint density at radius 3 is 2.62 bits per heavy atom. The molecule has 0 amide bonds. The van der Waals surface area contributed by atoms with E-state index in [0.717, 1.165) is 28.5 Å². The molecule has 1 N–H and O–H groups in total. The van der Waals surface area contributed by atoms with Crippen LogP contribution in [0.4, 0.5) is 5.69 Å². The van der Waals surface area contributed by atoms with Gasteiger partial charge in [0, 0.05) is 12.1 Å². The van der Waals surface area contributed by atoms with Crippen LogP contribution < -0.4 is 10.3 Å². The first-order valence-corrected chi connectivity index (χ1v) is 7.63. The number of rotatable bonds is 7. The van der Waals surface area contributed by atoms with Gasteiger partial charge in [-0.3, -0.25) is 14.9 Å². The largest absolute Gasteiger partial charge is 0.491 e. The van der Waals surface area contributed by atoms with E-state index in [1.165, 1.54) is 0 Å². The van der Waals surface area contributed by atoms with Crippen LogP contribution in [0.5, 0.6) is 5.75 Å². The maximum absolute atomic E-state index is 11.7. The highest BCUT2D eigenvalue weighted by Crippen LogP contribution is 2.25. The summed E-state index contributed by atoms with van der Waals surface area (Å²) in [4.78, 5) is 21.9. The fourth-order valence-corrected chi connectivity index (χ4v) is 2.32. The molecule has 0 spiro atoms. The number of aliphatic hydroxyl groups is 1. The van der Waals surface area contributed by atoms with Crippen molar-refractivity contribution in [3.8, 4) is 5.75 Å². The van der Waals surface area contributed by atoms with Crippen LogP contribution in [0.15, 0.2) is 47.4 Å². The van der Waals surface area contributed by atoms with Crippen molar-refractivity contribution in [1.29, 1.82) is 0 Å². The fraction of sp³-hybridized carbons (Fsp3) is 0.353. The van der Waals surface area contributed by atoms with Gasteiger partial charge in [0.25, 0.3) is 11.2 Å². The van der Waals surface area contributed by atoms with E-state index in [9.17, 15) is 20.0 Å². The van der Waals surface area contributed by atoms with Crippen molar-refractivity contribution in [2.24, 2.45) is 0 Å². The number of hydrogen-bond acceptors (Lipinski definition) is 5. The van der Waals surface area contributed by atoms with Crippen molar-refractivity contribution in [2.75, 3.05) is 6.61 Å². The molecule has 1 atom stereocenters. The summed E-state index contributed by atoms with van der Waals surface area (Å²) in [5.41, 5.74) is 0.410. The molecular formula is C17H20N2O5. The third kappa shape index (κ3) is 4.42. The van der Waals surface area contributed by atoms with Crippen LogP contribution >= 0.6 is 0 Å². The highest BCUT2D eigenvalue weighted by atomic mass is 16.6. The summed E-state index contributed by atoms with van der Waals surface area (Å²) in [6.45, 7) is 3.99. The molecule has 24 heavy (non-hydrogen) atoms. The van der Waals surface area contributed by atoms with Gasteiger partial charge in [0.2, 0.25) is 0 Å². The lowest BCUT2D eigenvalue weighted by molar-refractivity contribution is -0.385. The third-order valence-electron chi connectivity index (χ3n) is 3.56. The molecule has 0 fully saturated rings. The molecule has 0 saturated heterocycles. The molecule has 7 nitrogen and oxygen atoms in total. The average molecular weight is 332 g/mol. The van der Waals surface area contributed by atoms with Gasteiger partial charge in [0.05, 0.1) is 17.7 Å². The normalized spacial score (nSPS) is 12.2. The summed E-state index contributed by atoms with van der Waals surface area (Å²) in [6, 6.07) is 9.79. The number of hydrogen-bond donors (Lipinski definition) is 1. The molecular weight excluding hydrogens is 312 g/mol. The van der Waals surface area contributed by atoms with Gasteiger partial charge in [-0.25, -0.2) is 0 Å². The molecule has 1 aromatic carbocycles. The molecule has 0 aliphatic heterocycles. The van der Waals surface area contributed by atoms with Gasteiger partial charge in [0.15, 0.2) is 0 Å². The van der Waals surface area contributed by atoms with Crippen LogP contribution in [0.3, 0.4) is 0 Å². The van der Waals surface area contributed by atoms with E-state index < -0.39 is 16.6 Å². The van der Waals surface area contributed by atoms with Crippen molar-refractivity contribution in [3.05, 3.63) is 68.6 Å². The summed E-state index contributed by atoms with van der Waals surface area (Å²) in [5.74, 6) is 0.954. The second kappa shape index (κ2) is 7.74. The van der Waals surface area contributed by atoms with Gasteiger partial charge in [-0.1, -0.05) is 32.0 Å². The number of benzene rings is 1. The summed E-state index contributed by atoms with van der Waals surface area (Å²) in [5, 5.41) is 20.9. The van der Waals surface area contributed by atoms with Gasteiger partial charge in [-0.2, -0.15) is 0 Å². The summed E-state index contributed by atoms with van der Waals surface area (Å²) < 4.78 is 6.76. The van der Waals surface area contributed by atoms with Gasteiger partial charge in [-0.15, -0.1) is 0 Å². The lowest BCUT2D eigenvalue weighted by Gasteiger charge is -2.17. The predicted octanol–water partition coefficient (Wildman–Crippen LogP) is 2.32. The molecule has 1 unspecified atom stereocenters. The fourth-order valence-electron chi connectivity index (χ4n) is 2.32. The first kappa shape index (κ1) is 17.7. The van der Waals surface area contributed by atoms with Crippen molar-refractivity contribution < 1.29 is 14.8 Å². The quantitative estimate of drug-likeness (QED) is 0.620. The lowest BCUT2D eigenvalue weighted by Crippen LogP contribution is -2.29. The number of nitrogens with zero attached hydrogens (tertiary/aromatic N) is 2. The van der Waals surface area contributed by atoms with E-state index in [-0.39, 0.29) is 24.8 Å². The van der Waals surface area contributed by atoms with Crippen LogP contribution in [0.2, 0.25) is 0 Å². The number of para-hydroxylation sites is 1. The number of ether oxygens (including phenoxy) is 1. The molecule has 2 aromatic rings. The Balaban J connectivity index is 2.04. The zero-order valence-electron chi connectivity index (χ0n) is 13.6. The van der Waals surface area contributed by atoms with Crippen LogP contribution in [-0.4, -0.2) is 27.3 Å². The van der Waals surface area contributed by atoms with Crippen molar-refractivity contribution in [3.63, 3.8) is 0 Å². The molecule has 1 aromatic heterocycles. The second-order valence-electron chi connectivity index (χ2n) is 5.79. The number of aromatic nitrogens is 1. The summed E-state index contributed by atoms with van der Waals surface area (Å²) in [6.07, 6.45) is 0.151. The van der Waals surface area contributed by atoms with Gasteiger partial charge in [0.1, 0.15) is 18.5 Å². The first-order chi connectivity index (χ1) is 11.4. The van der Waals surface area contributed by atoms with Crippen LogP contribution in [0.1, 0.15) is 25.3 Å². The molecule has 1 heterocycles. The highest BCUT2D eigenvalue weighted by Gasteiger charge is 2.13. The zero-order chi connectivity index (χ0) is 17.7. The highest BCUT2D eigenvalue weighted by molar-refractivity contribution is 5.35. The zero-order valence-corrected chi connectivity index (χ0v) is 13.6. The van der Waals surface area contributed by atoms with Crippen LogP contribution in [0, 0.1) is 10.1 Å². The lowest BCUT2D eigenvalue weighted by atomic mass is 10.0. The minimum Gasteiger partial charge on any atom is -0.491 e. The number of nitro groups is 1. The predicted molar refractivity (Wildman–Crippen MR) is 89.4 cm³/mol. The van der Waals surface area contributed by atoms with E-state index in [4.69, 9.17) is 4.74 Å². The monoisotopic (exact) mass is 332 g/mol. The molecule has 0 bridgehead atoms. The summed E-state index contributed by atoms with van der Waals surface area (Å²) >= 11 is 0. The molecule has 0 aliphatic rings. The minimum atomic E-state index is -0.968. The smallest absolute Gasteiger partial charge is 0.285 e. The van der Waals surface area contributed by atoms with E-state index in [1.54, 1.807) is 0 Å². The topological polar surface area (TPSA) is 94.6 Å². The standard InChI is InChI=1S/C17H20N2O5/c1-12(2)15-5-3-4-6-16(15)24-11-14(20)10-18-9-13(19(22)23)7-8-17(18)21/h3-9,12,14,20H,10-11H2,1-2H3. The molecule has 2 rings (SSSR count). The third-order valence-corrected chi connectivity index (χ3v) is 3.56. The van der Waals surface area contributed by atoms with Gasteiger partial charge >= 0.3 is 0 Å². The van der Waals surface area contributed by atoms with Crippen LogP contribution in [-0.2, 0) is 6.54 Å². The van der Waals surface area contributed by atoms with Crippen LogP contribution in [0.25, 0.3) is 0 Å². The Morgan fingerprint density at radius 1 is 1.25 bits per heavy atom. The molecule has 0 aliphatic carbocycles. The van der Waals surface area contributed by atoms with E-state index in [0.29, 0.717) is 5.75 Å². The number of pyridine rings is 1. The average Bonchev–Trinajstić information content (AvgIpc) is 2.55. The Morgan fingerprint density at radius 2 is 1.96 bits per heavy atom. The minimum absolute atomic E-state index is 0.0150. The van der Waals surface area contributed by atoms with Gasteiger partial charge in [-0.05, 0) is 17.5 Å². The Kier molecular flexibility index (Phi) is 5.70. The maximum Gasteiger partial charge on any atom is 0.285 e. The SMILES string of the molecule is CC(C)c1ccccc1OCC(O)Cn1cc([N+](=O)[O-])ccc1=O. The molecule has 0 saturated carbocycles. The first-order valence-electron chi connectivity index (χ1n) is 7.63. The second-order valence-corrected chi connectivity index (χ2v) is 5.79. The van der Waals surface area contributed by atoms with E-state index in [1.807, 2.05) is 38.1 Å². The van der Waals surface area contributed by atoms with E-state index in [2.05, 4.69) is 0 Å².